The Labute approximate surface area is 164 Å². The minimum Gasteiger partial charge on any atom is -0.486 e. The fourth-order valence-corrected chi connectivity index (χ4v) is 2.98. The monoisotopic (exact) mass is 419 g/mol. The van der Waals surface area contributed by atoms with Gasteiger partial charge in [-0.25, -0.2) is 4.39 Å². The molecule has 11 heteroatoms. The van der Waals surface area contributed by atoms with Crippen LogP contribution in [0.1, 0.15) is 11.5 Å². The van der Waals surface area contributed by atoms with Crippen molar-refractivity contribution < 1.29 is 26.9 Å². The number of benzene rings is 2. The van der Waals surface area contributed by atoms with Crippen molar-refractivity contribution in [3.8, 4) is 5.75 Å². The molecule has 29 heavy (non-hydrogen) atoms. The van der Waals surface area contributed by atoms with Crippen LogP contribution in [0.3, 0.4) is 0 Å². The van der Waals surface area contributed by atoms with Crippen LogP contribution in [-0.2, 0) is 16.6 Å². The first kappa shape index (κ1) is 20.0. The van der Waals surface area contributed by atoms with Crippen LogP contribution in [0.15, 0.2) is 75.1 Å². The molecule has 0 unspecified atom stereocenters. The SMILES string of the molecule is O=[N+]([O-])c1ccc(OCc2ccc(/C=N/NS(=O)(=O)c3ccc(F)cc3)o2)cc1. The molecule has 0 bridgehead atoms. The molecule has 0 saturated heterocycles. The highest BCUT2D eigenvalue weighted by Gasteiger charge is 2.12. The van der Waals surface area contributed by atoms with Crippen molar-refractivity contribution in [3.05, 3.63) is 88.1 Å². The Balaban J connectivity index is 1.55. The minimum absolute atomic E-state index is 0.0445. The zero-order valence-electron chi connectivity index (χ0n) is 14.7. The smallest absolute Gasteiger partial charge is 0.276 e. The Hall–Kier alpha value is -3.73. The second-order valence-corrected chi connectivity index (χ2v) is 7.31. The lowest BCUT2D eigenvalue weighted by atomic mass is 10.3. The molecule has 150 valence electrons. The molecule has 0 aliphatic heterocycles. The van der Waals surface area contributed by atoms with Gasteiger partial charge in [0.1, 0.15) is 29.7 Å². The number of furan rings is 1. The number of non-ortho nitro benzene ring substituents is 1. The van der Waals surface area contributed by atoms with Crippen molar-refractivity contribution in [2.24, 2.45) is 5.10 Å². The summed E-state index contributed by atoms with van der Waals surface area (Å²) in [7, 11) is -3.93. The Morgan fingerprint density at radius 1 is 1.10 bits per heavy atom. The van der Waals surface area contributed by atoms with E-state index < -0.39 is 20.8 Å². The highest BCUT2D eigenvalue weighted by Crippen LogP contribution is 2.19. The molecule has 1 aromatic heterocycles. The van der Waals surface area contributed by atoms with E-state index in [-0.39, 0.29) is 22.9 Å². The van der Waals surface area contributed by atoms with Crippen LogP contribution in [0.4, 0.5) is 10.1 Å². The van der Waals surface area contributed by atoms with Crippen LogP contribution >= 0.6 is 0 Å². The molecule has 0 radical (unpaired) electrons. The zero-order chi connectivity index (χ0) is 20.9. The second kappa shape index (κ2) is 8.52. The summed E-state index contributed by atoms with van der Waals surface area (Å²) in [6.07, 6.45) is 1.16. The molecule has 0 aliphatic rings. The quantitative estimate of drug-likeness (QED) is 0.340. The lowest BCUT2D eigenvalue weighted by Crippen LogP contribution is -2.18. The van der Waals surface area contributed by atoms with E-state index in [1.807, 2.05) is 4.83 Å². The fraction of sp³-hybridized carbons (Fsp3) is 0.0556. The normalized spacial score (nSPS) is 11.5. The third-order valence-electron chi connectivity index (χ3n) is 3.60. The Morgan fingerprint density at radius 2 is 1.79 bits per heavy atom. The lowest BCUT2D eigenvalue weighted by Gasteiger charge is -2.03. The second-order valence-electron chi connectivity index (χ2n) is 5.65. The first-order valence-corrected chi connectivity index (χ1v) is 9.58. The lowest BCUT2D eigenvalue weighted by molar-refractivity contribution is -0.384. The van der Waals surface area contributed by atoms with E-state index in [1.54, 1.807) is 12.1 Å². The highest BCUT2D eigenvalue weighted by atomic mass is 32.2. The first-order chi connectivity index (χ1) is 13.8. The summed E-state index contributed by atoms with van der Waals surface area (Å²) in [5, 5.41) is 14.2. The topological polar surface area (TPSA) is 124 Å². The van der Waals surface area contributed by atoms with Crippen molar-refractivity contribution in [2.45, 2.75) is 11.5 Å². The summed E-state index contributed by atoms with van der Waals surface area (Å²) >= 11 is 0. The van der Waals surface area contributed by atoms with Gasteiger partial charge in [0.15, 0.2) is 0 Å². The van der Waals surface area contributed by atoms with Gasteiger partial charge in [0.25, 0.3) is 15.7 Å². The summed E-state index contributed by atoms with van der Waals surface area (Å²) in [5.41, 5.74) is -0.0445. The van der Waals surface area contributed by atoms with E-state index in [0.717, 1.165) is 30.5 Å². The summed E-state index contributed by atoms with van der Waals surface area (Å²) in [5.74, 6) is 0.584. The van der Waals surface area contributed by atoms with E-state index in [9.17, 15) is 22.9 Å². The number of nitrogens with one attached hydrogen (secondary N) is 1. The van der Waals surface area contributed by atoms with Crippen LogP contribution < -0.4 is 9.57 Å². The van der Waals surface area contributed by atoms with Crippen LogP contribution in [0.25, 0.3) is 0 Å². The maximum absolute atomic E-state index is 12.9. The van der Waals surface area contributed by atoms with Gasteiger partial charge in [-0.1, -0.05) is 0 Å². The molecule has 3 rings (SSSR count). The molecule has 3 aromatic rings. The fourth-order valence-electron chi connectivity index (χ4n) is 2.19. The number of hydrogen-bond acceptors (Lipinski definition) is 7. The van der Waals surface area contributed by atoms with Gasteiger partial charge in [0.2, 0.25) is 0 Å². The molecule has 0 aliphatic carbocycles. The van der Waals surface area contributed by atoms with Gasteiger partial charge in [0, 0.05) is 12.1 Å². The average Bonchev–Trinajstić information content (AvgIpc) is 3.14. The van der Waals surface area contributed by atoms with Gasteiger partial charge in [-0.2, -0.15) is 18.4 Å². The number of nitrogens with zero attached hydrogens (tertiary/aromatic N) is 2. The Morgan fingerprint density at radius 3 is 2.45 bits per heavy atom. The summed E-state index contributed by atoms with van der Waals surface area (Å²) in [4.78, 5) is 12.0. The van der Waals surface area contributed by atoms with Crippen molar-refractivity contribution in [2.75, 3.05) is 0 Å². The Bertz CT molecular complexity index is 1130. The molecule has 0 fully saturated rings. The number of hydrazone groups is 1. The van der Waals surface area contributed by atoms with Crippen LogP contribution in [0.2, 0.25) is 0 Å². The Kier molecular flexibility index (Phi) is 5.88. The van der Waals surface area contributed by atoms with Crippen molar-refractivity contribution in [3.63, 3.8) is 0 Å². The van der Waals surface area contributed by atoms with E-state index in [4.69, 9.17) is 9.15 Å². The molecule has 1 heterocycles. The van der Waals surface area contributed by atoms with E-state index >= 15 is 0 Å². The van der Waals surface area contributed by atoms with Crippen molar-refractivity contribution in [1.82, 2.24) is 4.83 Å². The zero-order valence-corrected chi connectivity index (χ0v) is 15.5. The van der Waals surface area contributed by atoms with Crippen LogP contribution in [-0.4, -0.2) is 19.6 Å². The molecule has 1 N–H and O–H groups in total. The molecule has 0 amide bonds. The highest BCUT2D eigenvalue weighted by molar-refractivity contribution is 7.89. The predicted octanol–water partition coefficient (Wildman–Crippen LogP) is 3.22. The minimum atomic E-state index is -3.93. The van der Waals surface area contributed by atoms with Gasteiger partial charge in [-0.15, -0.1) is 0 Å². The molecular weight excluding hydrogens is 405 g/mol. The number of sulfonamides is 1. The van der Waals surface area contributed by atoms with Crippen molar-refractivity contribution in [1.29, 1.82) is 0 Å². The van der Waals surface area contributed by atoms with Crippen LogP contribution in [0.5, 0.6) is 5.75 Å². The first-order valence-electron chi connectivity index (χ1n) is 8.10. The van der Waals surface area contributed by atoms with Crippen molar-refractivity contribution >= 4 is 21.9 Å². The molecule has 2 aromatic carbocycles. The van der Waals surface area contributed by atoms with E-state index in [2.05, 4.69) is 5.10 Å². The summed E-state index contributed by atoms with van der Waals surface area (Å²) in [6, 6.07) is 13.0. The number of rotatable bonds is 8. The average molecular weight is 419 g/mol. The molecular formula is C18H14FN3O6S. The third kappa shape index (κ3) is 5.39. The largest absolute Gasteiger partial charge is 0.486 e. The maximum atomic E-state index is 12.9. The molecule has 0 saturated carbocycles. The van der Waals surface area contributed by atoms with Gasteiger partial charge >= 0.3 is 0 Å². The molecule has 0 atom stereocenters. The maximum Gasteiger partial charge on any atom is 0.276 e. The molecule has 0 spiro atoms. The summed E-state index contributed by atoms with van der Waals surface area (Å²) in [6.45, 7) is 0.0625. The predicted molar refractivity (Wildman–Crippen MR) is 100 cm³/mol. The summed E-state index contributed by atoms with van der Waals surface area (Å²) < 4.78 is 47.8. The van der Waals surface area contributed by atoms with Gasteiger partial charge in [-0.05, 0) is 48.5 Å². The number of nitro groups is 1. The number of halogens is 1. The van der Waals surface area contributed by atoms with Gasteiger partial charge in [0.05, 0.1) is 16.0 Å². The number of ether oxygens (including phenoxy) is 1. The number of nitro benzene ring substituents is 1. The van der Waals surface area contributed by atoms with E-state index in [1.165, 1.54) is 24.3 Å². The third-order valence-corrected chi connectivity index (χ3v) is 4.84. The van der Waals surface area contributed by atoms with E-state index in [0.29, 0.717) is 11.5 Å². The van der Waals surface area contributed by atoms with Crippen LogP contribution in [0, 0.1) is 15.9 Å². The standard InChI is InChI=1S/C18H14FN3O6S/c19-13-1-9-18(10-2-13)29(25,26)21-20-11-16-7-8-17(28-16)12-27-15-5-3-14(4-6-15)22(23)24/h1-11,21H,12H2/b20-11+. The van der Waals surface area contributed by atoms with Gasteiger partial charge < -0.3 is 9.15 Å². The number of hydrogen-bond donors (Lipinski definition) is 1. The molecule has 9 nitrogen and oxygen atoms in total. The van der Waals surface area contributed by atoms with Gasteiger partial charge in [-0.3, -0.25) is 10.1 Å².